The lowest BCUT2D eigenvalue weighted by molar-refractivity contribution is -0.133. The van der Waals surface area contributed by atoms with Crippen molar-refractivity contribution in [2.24, 2.45) is 0 Å². The number of hydrogen-bond donors (Lipinski definition) is 2. The van der Waals surface area contributed by atoms with Gasteiger partial charge in [0.05, 0.1) is 12.8 Å². The van der Waals surface area contributed by atoms with Crippen LogP contribution in [0, 0.1) is 0 Å². The quantitative estimate of drug-likeness (QED) is 0.817. The fourth-order valence-corrected chi connectivity index (χ4v) is 1.98. The van der Waals surface area contributed by atoms with Crippen molar-refractivity contribution < 1.29 is 14.3 Å². The van der Waals surface area contributed by atoms with Crippen molar-refractivity contribution in [1.82, 2.24) is 5.32 Å². The van der Waals surface area contributed by atoms with Gasteiger partial charge in [-0.3, -0.25) is 14.9 Å². The SMILES string of the molecule is COc1ccc(Cl)cc1NC1CCC(=O)NC1=O. The molecule has 1 heterocycles. The molecule has 0 saturated carbocycles. The highest BCUT2D eigenvalue weighted by Crippen LogP contribution is 2.29. The summed E-state index contributed by atoms with van der Waals surface area (Å²) in [6.07, 6.45) is 0.784. The summed E-state index contributed by atoms with van der Waals surface area (Å²) >= 11 is 5.90. The molecule has 0 radical (unpaired) electrons. The Kier molecular flexibility index (Phi) is 3.72. The van der Waals surface area contributed by atoms with E-state index in [-0.39, 0.29) is 11.8 Å². The molecule has 0 bridgehead atoms. The lowest BCUT2D eigenvalue weighted by atomic mass is 10.1. The van der Waals surface area contributed by atoms with Crippen LogP contribution in [-0.2, 0) is 9.59 Å². The lowest BCUT2D eigenvalue weighted by Crippen LogP contribution is -2.47. The second kappa shape index (κ2) is 5.27. The highest BCUT2D eigenvalue weighted by Gasteiger charge is 2.26. The molecule has 1 fully saturated rings. The number of piperidine rings is 1. The molecule has 1 aromatic rings. The fourth-order valence-electron chi connectivity index (χ4n) is 1.81. The van der Waals surface area contributed by atoms with E-state index in [0.29, 0.717) is 29.3 Å². The number of carbonyl (C=O) groups is 2. The number of imide groups is 1. The number of nitrogens with one attached hydrogen (secondary N) is 2. The first-order chi connectivity index (χ1) is 8.60. The third-order valence-electron chi connectivity index (χ3n) is 2.73. The molecule has 0 aliphatic carbocycles. The molecule has 18 heavy (non-hydrogen) atoms. The minimum Gasteiger partial charge on any atom is -0.495 e. The van der Waals surface area contributed by atoms with E-state index >= 15 is 0 Å². The Balaban J connectivity index is 2.16. The van der Waals surface area contributed by atoms with Gasteiger partial charge in [-0.2, -0.15) is 0 Å². The summed E-state index contributed by atoms with van der Waals surface area (Å²) in [5.74, 6) is 0.0356. The molecule has 6 heteroatoms. The number of methoxy groups -OCH3 is 1. The van der Waals surface area contributed by atoms with Crippen LogP contribution in [0.2, 0.25) is 5.02 Å². The highest BCUT2D eigenvalue weighted by molar-refractivity contribution is 6.31. The number of anilines is 1. The normalized spacial score (nSPS) is 19.3. The Morgan fingerprint density at radius 3 is 2.89 bits per heavy atom. The van der Waals surface area contributed by atoms with Crippen LogP contribution >= 0.6 is 11.6 Å². The maximum Gasteiger partial charge on any atom is 0.249 e. The van der Waals surface area contributed by atoms with Crippen LogP contribution in [0.15, 0.2) is 18.2 Å². The van der Waals surface area contributed by atoms with Crippen LogP contribution in [0.1, 0.15) is 12.8 Å². The Bertz CT molecular complexity index is 490. The third-order valence-corrected chi connectivity index (χ3v) is 2.97. The van der Waals surface area contributed by atoms with E-state index in [9.17, 15) is 9.59 Å². The Morgan fingerprint density at radius 1 is 1.44 bits per heavy atom. The summed E-state index contributed by atoms with van der Waals surface area (Å²) in [6, 6.07) is 4.66. The Labute approximate surface area is 109 Å². The van der Waals surface area contributed by atoms with Crippen LogP contribution in [0.4, 0.5) is 5.69 Å². The maximum atomic E-state index is 11.6. The fraction of sp³-hybridized carbons (Fsp3) is 0.333. The van der Waals surface area contributed by atoms with Crippen LogP contribution in [0.25, 0.3) is 0 Å². The summed E-state index contributed by atoms with van der Waals surface area (Å²) in [5.41, 5.74) is 0.638. The Hall–Kier alpha value is -1.75. The van der Waals surface area contributed by atoms with E-state index in [4.69, 9.17) is 16.3 Å². The van der Waals surface area contributed by atoms with Crippen molar-refractivity contribution in [2.45, 2.75) is 18.9 Å². The molecule has 1 atom stereocenters. The average Bonchev–Trinajstić information content (AvgIpc) is 2.33. The Morgan fingerprint density at radius 2 is 2.22 bits per heavy atom. The summed E-state index contributed by atoms with van der Waals surface area (Å²) in [7, 11) is 1.54. The number of benzene rings is 1. The first kappa shape index (κ1) is 12.7. The predicted molar refractivity (Wildman–Crippen MR) is 67.8 cm³/mol. The number of rotatable bonds is 3. The molecule has 2 rings (SSSR count). The second-order valence-corrected chi connectivity index (χ2v) is 4.43. The zero-order chi connectivity index (χ0) is 13.1. The first-order valence-corrected chi connectivity index (χ1v) is 5.91. The molecule has 1 saturated heterocycles. The molecule has 0 aromatic heterocycles. The van der Waals surface area contributed by atoms with Crippen LogP contribution < -0.4 is 15.4 Å². The van der Waals surface area contributed by atoms with Gasteiger partial charge in [0.1, 0.15) is 11.8 Å². The van der Waals surface area contributed by atoms with Crippen molar-refractivity contribution in [3.8, 4) is 5.75 Å². The highest BCUT2D eigenvalue weighted by atomic mass is 35.5. The monoisotopic (exact) mass is 268 g/mol. The van der Waals surface area contributed by atoms with Crippen molar-refractivity contribution in [3.05, 3.63) is 23.2 Å². The van der Waals surface area contributed by atoms with Gasteiger partial charge in [0, 0.05) is 11.4 Å². The lowest BCUT2D eigenvalue weighted by Gasteiger charge is -2.23. The van der Waals surface area contributed by atoms with Gasteiger partial charge in [0.25, 0.3) is 0 Å². The molecule has 5 nitrogen and oxygen atoms in total. The van der Waals surface area contributed by atoms with Crippen molar-refractivity contribution in [2.75, 3.05) is 12.4 Å². The van der Waals surface area contributed by atoms with Gasteiger partial charge in [0.15, 0.2) is 0 Å². The molecule has 1 aliphatic rings. The minimum absolute atomic E-state index is 0.240. The molecule has 2 amide bonds. The molecule has 2 N–H and O–H groups in total. The van der Waals surface area contributed by atoms with Gasteiger partial charge in [-0.05, 0) is 24.6 Å². The summed E-state index contributed by atoms with van der Waals surface area (Å²) in [5, 5.41) is 5.87. The van der Waals surface area contributed by atoms with Crippen molar-refractivity contribution in [1.29, 1.82) is 0 Å². The zero-order valence-corrected chi connectivity index (χ0v) is 10.6. The van der Waals surface area contributed by atoms with Gasteiger partial charge in [-0.25, -0.2) is 0 Å². The summed E-state index contributed by atoms with van der Waals surface area (Å²) in [6.45, 7) is 0. The molecule has 1 aliphatic heterocycles. The van der Waals surface area contributed by atoms with Gasteiger partial charge in [0.2, 0.25) is 11.8 Å². The molecule has 1 aromatic carbocycles. The van der Waals surface area contributed by atoms with Crippen LogP contribution in [-0.4, -0.2) is 25.0 Å². The molecular formula is C12H13ClN2O3. The molecular weight excluding hydrogens is 256 g/mol. The maximum absolute atomic E-state index is 11.6. The largest absolute Gasteiger partial charge is 0.495 e. The minimum atomic E-state index is -0.449. The van der Waals surface area contributed by atoms with Gasteiger partial charge in [-0.1, -0.05) is 11.6 Å². The number of hydrogen-bond acceptors (Lipinski definition) is 4. The van der Waals surface area contributed by atoms with Crippen LogP contribution in [0.3, 0.4) is 0 Å². The number of ether oxygens (including phenoxy) is 1. The van der Waals surface area contributed by atoms with E-state index in [1.54, 1.807) is 25.3 Å². The summed E-state index contributed by atoms with van der Waals surface area (Å²) in [4.78, 5) is 22.7. The smallest absolute Gasteiger partial charge is 0.249 e. The summed E-state index contributed by atoms with van der Waals surface area (Å²) < 4.78 is 5.18. The average molecular weight is 269 g/mol. The van der Waals surface area contributed by atoms with Crippen molar-refractivity contribution >= 4 is 29.1 Å². The number of amides is 2. The first-order valence-electron chi connectivity index (χ1n) is 5.54. The third kappa shape index (κ3) is 2.73. The molecule has 96 valence electrons. The topological polar surface area (TPSA) is 67.4 Å². The second-order valence-electron chi connectivity index (χ2n) is 3.99. The van der Waals surface area contributed by atoms with E-state index in [1.807, 2.05) is 0 Å². The number of carbonyl (C=O) groups excluding carboxylic acids is 2. The van der Waals surface area contributed by atoms with E-state index in [2.05, 4.69) is 10.6 Å². The number of halogens is 1. The van der Waals surface area contributed by atoms with E-state index in [1.165, 1.54) is 0 Å². The predicted octanol–water partition coefficient (Wildman–Crippen LogP) is 1.57. The van der Waals surface area contributed by atoms with E-state index in [0.717, 1.165) is 0 Å². The van der Waals surface area contributed by atoms with Gasteiger partial charge in [-0.15, -0.1) is 0 Å². The van der Waals surface area contributed by atoms with Crippen molar-refractivity contribution in [3.63, 3.8) is 0 Å². The van der Waals surface area contributed by atoms with Gasteiger partial charge >= 0.3 is 0 Å². The molecule has 1 unspecified atom stereocenters. The standard InChI is InChI=1S/C12H13ClN2O3/c1-18-10-4-2-7(13)6-9(10)14-8-3-5-11(16)15-12(8)17/h2,4,6,8,14H,3,5H2,1H3,(H,15,16,17). The zero-order valence-electron chi connectivity index (χ0n) is 9.83. The van der Waals surface area contributed by atoms with Crippen LogP contribution in [0.5, 0.6) is 5.75 Å². The van der Waals surface area contributed by atoms with Gasteiger partial charge < -0.3 is 10.1 Å². The molecule has 0 spiro atoms. The van der Waals surface area contributed by atoms with E-state index < -0.39 is 6.04 Å².